The quantitative estimate of drug-likeness (QED) is 0.670. The van der Waals surface area contributed by atoms with Gasteiger partial charge in [-0.15, -0.1) is 6.42 Å². The van der Waals surface area contributed by atoms with Gasteiger partial charge in [0.25, 0.3) is 0 Å². The average molecular weight is 299 g/mol. The van der Waals surface area contributed by atoms with Crippen LogP contribution >= 0.6 is 23.2 Å². The number of carbonyl (C=O) groups is 1. The van der Waals surface area contributed by atoms with Crippen molar-refractivity contribution in [2.75, 3.05) is 20.1 Å². The summed E-state index contributed by atoms with van der Waals surface area (Å²) in [7, 11) is 1.73. The van der Waals surface area contributed by atoms with Gasteiger partial charge in [0.1, 0.15) is 0 Å². The maximum absolute atomic E-state index is 11.9. The highest BCUT2D eigenvalue weighted by molar-refractivity contribution is 6.35. The minimum Gasteiger partial charge on any atom is -0.338 e. The minimum absolute atomic E-state index is 0.0474. The van der Waals surface area contributed by atoms with Crippen LogP contribution in [0.3, 0.4) is 0 Å². The van der Waals surface area contributed by atoms with Gasteiger partial charge in [-0.25, -0.2) is 0 Å². The van der Waals surface area contributed by atoms with Gasteiger partial charge in [0.2, 0.25) is 5.91 Å². The van der Waals surface area contributed by atoms with Crippen LogP contribution < -0.4 is 5.32 Å². The summed E-state index contributed by atoms with van der Waals surface area (Å²) in [6.45, 7) is 2.49. The van der Waals surface area contributed by atoms with E-state index in [1.54, 1.807) is 24.1 Å². The van der Waals surface area contributed by atoms with Gasteiger partial charge in [0, 0.05) is 17.1 Å². The van der Waals surface area contributed by atoms with Gasteiger partial charge in [-0.1, -0.05) is 35.2 Å². The Kier molecular flexibility index (Phi) is 6.17. The van der Waals surface area contributed by atoms with Crippen LogP contribution in [0.15, 0.2) is 18.2 Å². The number of benzene rings is 1. The van der Waals surface area contributed by atoms with E-state index in [1.807, 2.05) is 13.0 Å². The molecule has 0 aromatic heterocycles. The number of rotatable bonds is 5. The molecule has 3 nitrogen and oxygen atoms in total. The first kappa shape index (κ1) is 15.8. The molecule has 0 aliphatic carbocycles. The highest BCUT2D eigenvalue weighted by atomic mass is 35.5. The normalized spacial score (nSPS) is 11.7. The monoisotopic (exact) mass is 298 g/mol. The zero-order chi connectivity index (χ0) is 14.4. The lowest BCUT2D eigenvalue weighted by Crippen LogP contribution is -2.37. The lowest BCUT2D eigenvalue weighted by Gasteiger charge is -2.26. The number of hydrogen-bond donors (Lipinski definition) is 1. The van der Waals surface area contributed by atoms with Gasteiger partial charge in [-0.05, 0) is 24.6 Å². The molecule has 1 atom stereocenters. The van der Waals surface area contributed by atoms with Crippen molar-refractivity contribution in [2.45, 2.75) is 13.0 Å². The smallest absolute Gasteiger partial charge is 0.236 e. The topological polar surface area (TPSA) is 32.3 Å². The van der Waals surface area contributed by atoms with Crippen molar-refractivity contribution in [1.82, 2.24) is 10.2 Å². The standard InChI is InChI=1S/C14H16Cl2N2O/c1-4-7-17-9-14(19)18(3)10(2)12-6-5-11(15)8-13(12)16/h1,5-6,8,10,17H,7,9H2,2-3H3. The van der Waals surface area contributed by atoms with E-state index in [-0.39, 0.29) is 18.5 Å². The van der Waals surface area contributed by atoms with Crippen LogP contribution in [0.1, 0.15) is 18.5 Å². The highest BCUT2D eigenvalue weighted by Gasteiger charge is 2.19. The molecule has 1 aromatic carbocycles. The van der Waals surface area contributed by atoms with Crippen LogP contribution in [-0.4, -0.2) is 30.9 Å². The largest absolute Gasteiger partial charge is 0.338 e. The van der Waals surface area contributed by atoms with Crippen LogP contribution in [0.4, 0.5) is 0 Å². The molecule has 1 aromatic rings. The molecule has 1 N–H and O–H groups in total. The zero-order valence-electron chi connectivity index (χ0n) is 10.9. The highest BCUT2D eigenvalue weighted by Crippen LogP contribution is 2.28. The lowest BCUT2D eigenvalue weighted by atomic mass is 10.1. The molecule has 0 spiro atoms. The fraction of sp³-hybridized carbons (Fsp3) is 0.357. The first-order chi connectivity index (χ1) is 8.97. The van der Waals surface area contributed by atoms with Crippen LogP contribution in [0.5, 0.6) is 0 Å². The maximum Gasteiger partial charge on any atom is 0.236 e. The summed E-state index contributed by atoms with van der Waals surface area (Å²) in [5.41, 5.74) is 0.860. The van der Waals surface area contributed by atoms with E-state index in [9.17, 15) is 4.79 Å². The number of nitrogens with one attached hydrogen (secondary N) is 1. The maximum atomic E-state index is 11.9. The van der Waals surface area contributed by atoms with Crippen molar-refractivity contribution in [3.05, 3.63) is 33.8 Å². The summed E-state index contributed by atoms with van der Waals surface area (Å²) in [6.07, 6.45) is 5.11. The van der Waals surface area contributed by atoms with Gasteiger partial charge in [0.15, 0.2) is 0 Å². The molecule has 5 heteroatoms. The molecule has 1 rings (SSSR count). The van der Waals surface area contributed by atoms with Crippen molar-refractivity contribution in [1.29, 1.82) is 0 Å². The molecule has 0 bridgehead atoms. The van der Waals surface area contributed by atoms with Crippen molar-refractivity contribution in [3.8, 4) is 12.3 Å². The molecule has 0 saturated carbocycles. The summed E-state index contributed by atoms with van der Waals surface area (Å²) in [5.74, 6) is 2.37. The number of nitrogens with zero attached hydrogens (tertiary/aromatic N) is 1. The van der Waals surface area contributed by atoms with Gasteiger partial charge >= 0.3 is 0 Å². The fourth-order valence-corrected chi connectivity index (χ4v) is 2.20. The van der Waals surface area contributed by atoms with E-state index in [1.165, 1.54) is 0 Å². The van der Waals surface area contributed by atoms with Gasteiger partial charge in [-0.2, -0.15) is 0 Å². The summed E-state index contributed by atoms with van der Waals surface area (Å²) in [6, 6.07) is 5.12. The van der Waals surface area contributed by atoms with Crippen LogP contribution in [-0.2, 0) is 4.79 Å². The zero-order valence-corrected chi connectivity index (χ0v) is 12.4. The van der Waals surface area contributed by atoms with E-state index in [0.717, 1.165) is 5.56 Å². The molecule has 0 aliphatic heterocycles. The molecular formula is C14H16Cl2N2O. The number of likely N-dealkylation sites (N-methyl/N-ethyl adjacent to an activating group) is 1. The molecule has 0 radical (unpaired) electrons. The average Bonchev–Trinajstić information content (AvgIpc) is 2.37. The summed E-state index contributed by atoms with van der Waals surface area (Å²) < 4.78 is 0. The second-order valence-electron chi connectivity index (χ2n) is 4.15. The number of halogens is 2. The molecule has 0 saturated heterocycles. The number of amides is 1. The first-order valence-corrected chi connectivity index (χ1v) is 6.57. The second kappa shape index (κ2) is 7.40. The summed E-state index contributed by atoms with van der Waals surface area (Å²) in [5, 5.41) is 3.99. The fourth-order valence-electron chi connectivity index (χ4n) is 1.63. The molecule has 19 heavy (non-hydrogen) atoms. The van der Waals surface area contributed by atoms with Crippen LogP contribution in [0, 0.1) is 12.3 Å². The van der Waals surface area contributed by atoms with E-state index >= 15 is 0 Å². The molecule has 1 unspecified atom stereocenters. The predicted octanol–water partition coefficient (Wildman–Crippen LogP) is 2.74. The van der Waals surface area contributed by atoms with Crippen LogP contribution in [0.2, 0.25) is 10.0 Å². The SMILES string of the molecule is C#CCNCC(=O)N(C)C(C)c1ccc(Cl)cc1Cl. The molecule has 0 fully saturated rings. The first-order valence-electron chi connectivity index (χ1n) is 5.82. The Morgan fingerprint density at radius 1 is 1.53 bits per heavy atom. The van der Waals surface area contributed by atoms with E-state index < -0.39 is 0 Å². The van der Waals surface area contributed by atoms with E-state index in [2.05, 4.69) is 11.2 Å². The van der Waals surface area contributed by atoms with E-state index in [0.29, 0.717) is 16.6 Å². The van der Waals surface area contributed by atoms with Crippen molar-refractivity contribution >= 4 is 29.1 Å². The molecule has 0 heterocycles. The van der Waals surface area contributed by atoms with Gasteiger partial charge < -0.3 is 4.90 Å². The van der Waals surface area contributed by atoms with Gasteiger partial charge in [0.05, 0.1) is 19.1 Å². The summed E-state index contributed by atoms with van der Waals surface area (Å²) >= 11 is 12.0. The number of terminal acetylenes is 1. The van der Waals surface area contributed by atoms with Crippen LogP contribution in [0.25, 0.3) is 0 Å². The third-order valence-corrected chi connectivity index (χ3v) is 3.45. The third-order valence-electron chi connectivity index (χ3n) is 2.89. The number of hydrogen-bond acceptors (Lipinski definition) is 2. The Bertz CT molecular complexity index is 497. The minimum atomic E-state index is -0.134. The van der Waals surface area contributed by atoms with Crippen molar-refractivity contribution < 1.29 is 4.79 Å². The second-order valence-corrected chi connectivity index (χ2v) is 5.00. The Morgan fingerprint density at radius 3 is 2.79 bits per heavy atom. The van der Waals surface area contributed by atoms with E-state index in [4.69, 9.17) is 29.6 Å². The predicted molar refractivity (Wildman–Crippen MR) is 79.3 cm³/mol. The Labute approximate surface area is 123 Å². The Balaban J connectivity index is 2.73. The Hall–Kier alpha value is -1.21. The van der Waals surface area contributed by atoms with Gasteiger partial charge in [-0.3, -0.25) is 10.1 Å². The molecule has 102 valence electrons. The van der Waals surface area contributed by atoms with Crippen molar-refractivity contribution in [2.24, 2.45) is 0 Å². The molecular weight excluding hydrogens is 283 g/mol. The summed E-state index contributed by atoms with van der Waals surface area (Å²) in [4.78, 5) is 13.6. The van der Waals surface area contributed by atoms with Crippen molar-refractivity contribution in [3.63, 3.8) is 0 Å². The number of carbonyl (C=O) groups excluding carboxylic acids is 1. The third kappa shape index (κ3) is 4.43. The Morgan fingerprint density at radius 2 is 2.21 bits per heavy atom. The lowest BCUT2D eigenvalue weighted by molar-refractivity contribution is -0.130. The molecule has 1 amide bonds. The molecule has 0 aliphatic rings.